The summed E-state index contributed by atoms with van der Waals surface area (Å²) in [5.74, 6) is 0.125. The lowest BCUT2D eigenvalue weighted by Crippen LogP contribution is -2.08. The lowest BCUT2D eigenvalue weighted by atomic mass is 10.0. The predicted octanol–water partition coefficient (Wildman–Crippen LogP) is 4.89. The molecule has 3 heteroatoms. The predicted molar refractivity (Wildman–Crippen MR) is 97.6 cm³/mol. The number of nitrogens with zero attached hydrogens (tertiary/aromatic N) is 1. The number of hydrogen-bond donors (Lipinski definition) is 0. The SMILES string of the molecule is C=C(C)C(=O)Oc1ccc(/C=C/c2ccncc2)c2ccccc12. The van der Waals surface area contributed by atoms with Crippen molar-refractivity contribution in [2.45, 2.75) is 6.92 Å². The summed E-state index contributed by atoms with van der Waals surface area (Å²) in [5, 5.41) is 1.92. The molecule has 0 amide bonds. The van der Waals surface area contributed by atoms with Crippen LogP contribution in [0.1, 0.15) is 18.1 Å². The van der Waals surface area contributed by atoms with Gasteiger partial charge in [-0.15, -0.1) is 0 Å². The summed E-state index contributed by atoms with van der Waals surface area (Å²) >= 11 is 0. The van der Waals surface area contributed by atoms with Gasteiger partial charge in [0.2, 0.25) is 0 Å². The topological polar surface area (TPSA) is 39.2 Å². The second-order valence-electron chi connectivity index (χ2n) is 5.48. The van der Waals surface area contributed by atoms with Gasteiger partial charge in [-0.05, 0) is 41.6 Å². The summed E-state index contributed by atoms with van der Waals surface area (Å²) in [6.45, 7) is 5.26. The molecule has 1 aromatic heterocycles. The molecule has 0 aliphatic heterocycles. The van der Waals surface area contributed by atoms with Crippen LogP contribution in [0.15, 0.2) is 73.1 Å². The number of carbonyl (C=O) groups excluding carboxylic acids is 1. The number of carbonyl (C=O) groups is 1. The molecule has 0 bridgehead atoms. The Morgan fingerprint density at radius 3 is 2.42 bits per heavy atom. The molecule has 0 atom stereocenters. The van der Waals surface area contributed by atoms with Gasteiger partial charge in [0.05, 0.1) is 0 Å². The van der Waals surface area contributed by atoms with Crippen molar-refractivity contribution in [3.63, 3.8) is 0 Å². The maximum absolute atomic E-state index is 11.8. The maximum atomic E-state index is 11.8. The highest BCUT2D eigenvalue weighted by atomic mass is 16.5. The van der Waals surface area contributed by atoms with Crippen molar-refractivity contribution in [3.05, 3.63) is 84.2 Å². The zero-order valence-electron chi connectivity index (χ0n) is 13.4. The van der Waals surface area contributed by atoms with E-state index in [-0.39, 0.29) is 0 Å². The Hall–Kier alpha value is -3.20. The number of esters is 1. The van der Waals surface area contributed by atoms with Crippen LogP contribution in [-0.4, -0.2) is 11.0 Å². The van der Waals surface area contributed by atoms with E-state index in [0.717, 1.165) is 21.9 Å². The molecule has 3 nitrogen and oxygen atoms in total. The molecule has 0 radical (unpaired) electrons. The van der Waals surface area contributed by atoms with Gasteiger partial charge in [0.1, 0.15) is 5.75 Å². The van der Waals surface area contributed by atoms with Crippen LogP contribution < -0.4 is 4.74 Å². The van der Waals surface area contributed by atoms with E-state index in [0.29, 0.717) is 11.3 Å². The highest BCUT2D eigenvalue weighted by Crippen LogP contribution is 2.30. The van der Waals surface area contributed by atoms with Gasteiger partial charge in [0.25, 0.3) is 0 Å². The monoisotopic (exact) mass is 315 g/mol. The molecule has 3 rings (SSSR count). The Bertz CT molecular complexity index is 927. The first-order chi connectivity index (χ1) is 11.6. The van der Waals surface area contributed by atoms with E-state index in [4.69, 9.17) is 4.74 Å². The number of fused-ring (bicyclic) bond motifs is 1. The summed E-state index contributed by atoms with van der Waals surface area (Å²) in [5.41, 5.74) is 2.50. The first-order valence-corrected chi connectivity index (χ1v) is 7.63. The van der Waals surface area contributed by atoms with E-state index < -0.39 is 5.97 Å². The first kappa shape index (κ1) is 15.7. The Kier molecular flexibility index (Phi) is 4.52. The summed E-state index contributed by atoms with van der Waals surface area (Å²) < 4.78 is 5.44. The number of rotatable bonds is 4. The van der Waals surface area contributed by atoms with Crippen LogP contribution in [0.4, 0.5) is 0 Å². The third-order valence-corrected chi connectivity index (χ3v) is 3.63. The lowest BCUT2D eigenvalue weighted by molar-refractivity contribution is -0.129. The highest BCUT2D eigenvalue weighted by Gasteiger charge is 2.10. The average Bonchev–Trinajstić information content (AvgIpc) is 2.61. The molecule has 1 heterocycles. The summed E-state index contributed by atoms with van der Waals surface area (Å²) in [6.07, 6.45) is 7.60. The summed E-state index contributed by atoms with van der Waals surface area (Å²) in [7, 11) is 0. The van der Waals surface area contributed by atoms with Gasteiger partial charge in [0.15, 0.2) is 0 Å². The minimum atomic E-state index is -0.416. The fraction of sp³-hybridized carbons (Fsp3) is 0.0476. The van der Waals surface area contributed by atoms with Gasteiger partial charge < -0.3 is 4.74 Å². The van der Waals surface area contributed by atoms with Crippen LogP contribution in [0.3, 0.4) is 0 Å². The van der Waals surface area contributed by atoms with Crippen LogP contribution in [0.2, 0.25) is 0 Å². The number of hydrogen-bond acceptors (Lipinski definition) is 3. The van der Waals surface area contributed by atoms with Crippen LogP contribution >= 0.6 is 0 Å². The van der Waals surface area contributed by atoms with Gasteiger partial charge >= 0.3 is 5.97 Å². The quantitative estimate of drug-likeness (QED) is 0.391. The van der Waals surface area contributed by atoms with E-state index in [1.165, 1.54) is 0 Å². The van der Waals surface area contributed by atoms with Gasteiger partial charge in [-0.3, -0.25) is 4.98 Å². The molecular formula is C21H17NO2. The minimum absolute atomic E-state index is 0.376. The van der Waals surface area contributed by atoms with E-state index in [9.17, 15) is 4.79 Å². The van der Waals surface area contributed by atoms with Crippen LogP contribution in [0.5, 0.6) is 5.75 Å². The molecule has 0 aliphatic rings. The molecule has 0 unspecified atom stereocenters. The highest BCUT2D eigenvalue weighted by molar-refractivity contribution is 5.99. The summed E-state index contributed by atoms with van der Waals surface area (Å²) in [6, 6.07) is 15.5. The molecule has 0 spiro atoms. The van der Waals surface area contributed by atoms with Crippen molar-refractivity contribution >= 4 is 28.9 Å². The van der Waals surface area contributed by atoms with E-state index in [2.05, 4.69) is 11.6 Å². The average molecular weight is 315 g/mol. The van der Waals surface area contributed by atoms with Crippen LogP contribution in [0.25, 0.3) is 22.9 Å². The van der Waals surface area contributed by atoms with Gasteiger partial charge in [-0.1, -0.05) is 49.1 Å². The zero-order chi connectivity index (χ0) is 16.9. The van der Waals surface area contributed by atoms with Crippen molar-refractivity contribution in [2.24, 2.45) is 0 Å². The van der Waals surface area contributed by atoms with Crippen molar-refractivity contribution in [1.29, 1.82) is 0 Å². The van der Waals surface area contributed by atoms with E-state index >= 15 is 0 Å². The molecule has 0 N–H and O–H groups in total. The molecular weight excluding hydrogens is 298 g/mol. The molecule has 24 heavy (non-hydrogen) atoms. The largest absolute Gasteiger partial charge is 0.423 e. The first-order valence-electron chi connectivity index (χ1n) is 7.63. The Morgan fingerprint density at radius 1 is 1.00 bits per heavy atom. The summed E-state index contributed by atoms with van der Waals surface area (Å²) in [4.78, 5) is 15.8. The molecule has 0 saturated heterocycles. The van der Waals surface area contributed by atoms with Gasteiger partial charge in [-0.2, -0.15) is 0 Å². The Morgan fingerprint density at radius 2 is 1.71 bits per heavy atom. The Labute approximate surface area is 140 Å². The second-order valence-corrected chi connectivity index (χ2v) is 5.48. The van der Waals surface area contributed by atoms with Crippen LogP contribution in [0, 0.1) is 0 Å². The van der Waals surface area contributed by atoms with Crippen molar-refractivity contribution in [1.82, 2.24) is 4.98 Å². The maximum Gasteiger partial charge on any atom is 0.338 e. The molecule has 0 fully saturated rings. The Balaban J connectivity index is 2.01. The van der Waals surface area contributed by atoms with Crippen molar-refractivity contribution in [2.75, 3.05) is 0 Å². The number of ether oxygens (including phenoxy) is 1. The number of pyridine rings is 1. The van der Waals surface area contributed by atoms with E-state index in [1.54, 1.807) is 19.3 Å². The fourth-order valence-corrected chi connectivity index (χ4v) is 2.38. The van der Waals surface area contributed by atoms with Crippen molar-refractivity contribution < 1.29 is 9.53 Å². The number of benzene rings is 2. The van der Waals surface area contributed by atoms with E-state index in [1.807, 2.05) is 60.7 Å². The van der Waals surface area contributed by atoms with Gasteiger partial charge in [0, 0.05) is 23.4 Å². The lowest BCUT2D eigenvalue weighted by Gasteiger charge is -2.10. The normalized spacial score (nSPS) is 10.9. The molecule has 3 aromatic rings. The standard InChI is InChI=1S/C21H17NO2/c1-15(2)21(23)24-20-10-9-17(18-5-3-4-6-19(18)20)8-7-16-11-13-22-14-12-16/h3-14H,1H2,2H3/b8-7+. The molecule has 0 aliphatic carbocycles. The fourth-order valence-electron chi connectivity index (χ4n) is 2.38. The zero-order valence-corrected chi connectivity index (χ0v) is 13.4. The van der Waals surface area contributed by atoms with Crippen LogP contribution in [-0.2, 0) is 4.79 Å². The minimum Gasteiger partial charge on any atom is -0.423 e. The second kappa shape index (κ2) is 6.92. The smallest absolute Gasteiger partial charge is 0.338 e. The van der Waals surface area contributed by atoms with Crippen molar-refractivity contribution in [3.8, 4) is 5.75 Å². The van der Waals surface area contributed by atoms with Gasteiger partial charge in [-0.25, -0.2) is 4.79 Å². The third kappa shape index (κ3) is 3.41. The third-order valence-electron chi connectivity index (χ3n) is 3.63. The molecule has 2 aromatic carbocycles. The molecule has 0 saturated carbocycles. The molecule has 118 valence electrons. The number of aromatic nitrogens is 1.